The van der Waals surface area contributed by atoms with Crippen LogP contribution in [0, 0.1) is 11.8 Å². The van der Waals surface area contributed by atoms with Gasteiger partial charge in [0.2, 0.25) is 0 Å². The van der Waals surface area contributed by atoms with Crippen LogP contribution in [0.15, 0.2) is 0 Å². The molecule has 1 heterocycles. The molecule has 0 bridgehead atoms. The lowest BCUT2D eigenvalue weighted by atomic mass is 9.79. The number of nitrogens with zero attached hydrogens (tertiary/aromatic N) is 1. The van der Waals surface area contributed by atoms with E-state index >= 15 is 0 Å². The van der Waals surface area contributed by atoms with Crippen molar-refractivity contribution in [3.8, 4) is 0 Å². The van der Waals surface area contributed by atoms with E-state index in [0.717, 1.165) is 17.9 Å². The number of likely N-dealkylation sites (tertiary alicyclic amines) is 1. The second-order valence-electron chi connectivity index (χ2n) is 6.08. The van der Waals surface area contributed by atoms with Crippen molar-refractivity contribution >= 4 is 0 Å². The van der Waals surface area contributed by atoms with E-state index in [9.17, 15) is 0 Å². The molecule has 1 saturated carbocycles. The summed E-state index contributed by atoms with van der Waals surface area (Å²) in [6.07, 6.45) is 7.12. The van der Waals surface area contributed by atoms with Crippen LogP contribution in [-0.4, -0.2) is 37.1 Å². The molecule has 1 saturated heterocycles. The number of piperidine rings is 1. The summed E-state index contributed by atoms with van der Waals surface area (Å²) in [5, 5.41) is 3.85. The Morgan fingerprint density at radius 1 is 0.938 bits per heavy atom. The summed E-state index contributed by atoms with van der Waals surface area (Å²) in [6.45, 7) is 7.35. The minimum absolute atomic E-state index is 0.712. The summed E-state index contributed by atoms with van der Waals surface area (Å²) < 4.78 is 0. The fourth-order valence-electron chi connectivity index (χ4n) is 3.16. The van der Waals surface area contributed by atoms with Crippen LogP contribution in [-0.2, 0) is 0 Å². The quantitative estimate of drug-likeness (QED) is 0.789. The van der Waals surface area contributed by atoms with Crippen molar-refractivity contribution in [2.24, 2.45) is 11.8 Å². The molecule has 1 aliphatic carbocycles. The summed E-state index contributed by atoms with van der Waals surface area (Å²) in [7, 11) is 2.24. The maximum atomic E-state index is 3.85. The second-order valence-corrected chi connectivity index (χ2v) is 6.08. The number of nitrogens with one attached hydrogen (secondary N) is 1. The molecule has 2 fully saturated rings. The maximum Gasteiger partial charge on any atom is 0.00705 e. The van der Waals surface area contributed by atoms with Crippen LogP contribution in [0.4, 0.5) is 0 Å². The third-order valence-electron chi connectivity index (χ3n) is 4.85. The van der Waals surface area contributed by atoms with Gasteiger partial charge in [0, 0.05) is 12.1 Å². The van der Waals surface area contributed by atoms with Gasteiger partial charge in [-0.3, -0.25) is 0 Å². The highest BCUT2D eigenvalue weighted by Gasteiger charge is 2.28. The van der Waals surface area contributed by atoms with Crippen molar-refractivity contribution in [2.75, 3.05) is 20.1 Å². The topological polar surface area (TPSA) is 15.3 Å². The Labute approximate surface area is 101 Å². The molecular formula is C14H28N2. The highest BCUT2D eigenvalue weighted by atomic mass is 15.1. The minimum Gasteiger partial charge on any atom is -0.311 e. The molecule has 0 unspecified atom stereocenters. The zero-order valence-electron chi connectivity index (χ0n) is 11.2. The lowest BCUT2D eigenvalue weighted by Gasteiger charge is -2.38. The first kappa shape index (κ1) is 12.4. The van der Waals surface area contributed by atoms with Crippen LogP contribution in [0.3, 0.4) is 0 Å². The van der Waals surface area contributed by atoms with E-state index in [0.29, 0.717) is 6.04 Å². The van der Waals surface area contributed by atoms with E-state index in [4.69, 9.17) is 0 Å². The van der Waals surface area contributed by atoms with Gasteiger partial charge in [-0.2, -0.15) is 0 Å². The first-order valence-corrected chi connectivity index (χ1v) is 7.11. The van der Waals surface area contributed by atoms with Crippen molar-refractivity contribution in [1.29, 1.82) is 0 Å². The maximum absolute atomic E-state index is 3.85. The van der Waals surface area contributed by atoms with Crippen molar-refractivity contribution in [2.45, 2.75) is 58.0 Å². The van der Waals surface area contributed by atoms with Crippen LogP contribution in [0.1, 0.15) is 46.0 Å². The van der Waals surface area contributed by atoms with Crippen LogP contribution in [0.2, 0.25) is 0 Å². The molecule has 0 radical (unpaired) electrons. The number of hydrogen-bond donors (Lipinski definition) is 1. The molecule has 1 aliphatic heterocycles. The first-order chi connectivity index (χ1) is 7.66. The smallest absolute Gasteiger partial charge is 0.00705 e. The predicted molar refractivity (Wildman–Crippen MR) is 69.6 cm³/mol. The van der Waals surface area contributed by atoms with E-state index in [1.165, 1.54) is 45.2 Å². The van der Waals surface area contributed by atoms with Crippen LogP contribution in [0.25, 0.3) is 0 Å². The Hall–Kier alpha value is -0.0800. The summed E-state index contributed by atoms with van der Waals surface area (Å²) in [4.78, 5) is 2.46. The zero-order valence-corrected chi connectivity index (χ0v) is 11.2. The van der Waals surface area contributed by atoms with Crippen LogP contribution >= 0.6 is 0 Å². The molecule has 0 aromatic rings. The third kappa shape index (κ3) is 2.98. The minimum atomic E-state index is 0.712. The normalized spacial score (nSPS) is 28.7. The largest absolute Gasteiger partial charge is 0.311 e. The fraction of sp³-hybridized carbons (Fsp3) is 1.00. The molecule has 0 aromatic heterocycles. The van der Waals surface area contributed by atoms with Crippen molar-refractivity contribution in [1.82, 2.24) is 10.2 Å². The van der Waals surface area contributed by atoms with Gasteiger partial charge >= 0.3 is 0 Å². The predicted octanol–water partition coefficient (Wildman–Crippen LogP) is 2.49. The van der Waals surface area contributed by atoms with E-state index < -0.39 is 0 Å². The van der Waals surface area contributed by atoms with Crippen LogP contribution in [0.5, 0.6) is 0 Å². The molecule has 2 rings (SSSR count). The lowest BCUT2D eigenvalue weighted by molar-refractivity contribution is 0.163. The van der Waals surface area contributed by atoms with Gasteiger partial charge < -0.3 is 10.2 Å². The van der Waals surface area contributed by atoms with Crippen LogP contribution < -0.4 is 5.32 Å². The Kier molecular flexibility index (Phi) is 4.26. The molecule has 1 N–H and O–H groups in total. The van der Waals surface area contributed by atoms with E-state index in [1.54, 1.807) is 0 Å². The zero-order chi connectivity index (χ0) is 11.5. The summed E-state index contributed by atoms with van der Waals surface area (Å²) in [6, 6.07) is 1.45. The summed E-state index contributed by atoms with van der Waals surface area (Å²) in [5.74, 6) is 1.87. The Balaban J connectivity index is 1.72. The molecule has 2 atom stereocenters. The Morgan fingerprint density at radius 2 is 1.44 bits per heavy atom. The summed E-state index contributed by atoms with van der Waals surface area (Å²) in [5.41, 5.74) is 0. The Morgan fingerprint density at radius 3 is 1.88 bits per heavy atom. The molecule has 2 nitrogen and oxygen atoms in total. The molecule has 2 heteroatoms. The van der Waals surface area contributed by atoms with Crippen molar-refractivity contribution in [3.63, 3.8) is 0 Å². The molecule has 0 amide bonds. The first-order valence-electron chi connectivity index (χ1n) is 7.11. The van der Waals surface area contributed by atoms with Gasteiger partial charge in [-0.1, -0.05) is 6.42 Å². The molecule has 2 aliphatic rings. The summed E-state index contributed by atoms with van der Waals surface area (Å²) >= 11 is 0. The Bertz CT molecular complexity index is 205. The van der Waals surface area contributed by atoms with Gasteiger partial charge in [-0.05, 0) is 71.5 Å². The standard InChI is InChI=1S/C14H28N2/c1-11(13-5-4-6-13)15-12(2)14-7-9-16(3)10-8-14/h11-15H,4-10H2,1-3H3/t11-,12-/m0/s1. The van der Waals surface area contributed by atoms with Gasteiger partial charge in [0.1, 0.15) is 0 Å². The molecule has 0 aromatic carbocycles. The van der Waals surface area contributed by atoms with Gasteiger partial charge in [-0.15, -0.1) is 0 Å². The van der Waals surface area contributed by atoms with E-state index in [1.807, 2.05) is 0 Å². The van der Waals surface area contributed by atoms with Gasteiger partial charge in [0.15, 0.2) is 0 Å². The average molecular weight is 224 g/mol. The lowest BCUT2D eigenvalue weighted by Crippen LogP contribution is -2.47. The van der Waals surface area contributed by atoms with Gasteiger partial charge in [0.05, 0.1) is 0 Å². The SMILES string of the molecule is C[C@H](N[C@@H](C)C1CCN(C)CC1)C1CCC1. The molecular weight excluding hydrogens is 196 g/mol. The molecule has 94 valence electrons. The monoisotopic (exact) mass is 224 g/mol. The molecule has 16 heavy (non-hydrogen) atoms. The second kappa shape index (κ2) is 5.50. The fourth-order valence-corrected chi connectivity index (χ4v) is 3.16. The highest BCUT2D eigenvalue weighted by Crippen LogP contribution is 2.30. The number of hydrogen-bond acceptors (Lipinski definition) is 2. The third-order valence-corrected chi connectivity index (χ3v) is 4.85. The van der Waals surface area contributed by atoms with E-state index in [2.05, 4.69) is 31.1 Å². The van der Waals surface area contributed by atoms with Crippen molar-refractivity contribution in [3.05, 3.63) is 0 Å². The van der Waals surface area contributed by atoms with Gasteiger partial charge in [0.25, 0.3) is 0 Å². The van der Waals surface area contributed by atoms with E-state index in [-0.39, 0.29) is 0 Å². The van der Waals surface area contributed by atoms with Gasteiger partial charge in [-0.25, -0.2) is 0 Å². The molecule has 0 spiro atoms. The number of rotatable bonds is 4. The van der Waals surface area contributed by atoms with Crippen molar-refractivity contribution < 1.29 is 0 Å². The highest BCUT2D eigenvalue weighted by molar-refractivity contribution is 4.85. The average Bonchev–Trinajstić information content (AvgIpc) is 2.15.